The van der Waals surface area contributed by atoms with Crippen molar-refractivity contribution in [3.05, 3.63) is 0 Å². The van der Waals surface area contributed by atoms with Gasteiger partial charge in [-0.1, -0.05) is 13.8 Å². The highest BCUT2D eigenvalue weighted by molar-refractivity contribution is 5.87. The molecule has 6 heteroatoms. The normalized spacial score (nSPS) is 14.5. The molecule has 2 atom stereocenters. The molecule has 6 nitrogen and oxygen atoms in total. The first-order valence-corrected chi connectivity index (χ1v) is 4.68. The smallest absolute Gasteiger partial charge is 0.330 e. The Hall–Kier alpha value is -1.14. The topological polar surface area (TPSA) is 102 Å². The average Bonchev–Trinajstić information content (AvgIpc) is 2.22. The minimum atomic E-state index is -1.05. The Kier molecular flexibility index (Phi) is 5.88. The molecule has 0 aliphatic rings. The number of rotatable bonds is 5. The number of hydrogen-bond acceptors (Lipinski definition) is 5. The van der Waals surface area contributed by atoms with Crippen LogP contribution in [0.15, 0.2) is 0 Å². The molecule has 0 aromatic rings. The van der Waals surface area contributed by atoms with E-state index in [1.807, 2.05) is 0 Å². The quantitative estimate of drug-likeness (QED) is 0.494. The monoisotopic (exact) mass is 218 g/mol. The molecule has 0 heterocycles. The molecule has 0 aromatic heterocycles. The Bertz CT molecular complexity index is 230. The maximum Gasteiger partial charge on any atom is 0.330 e. The summed E-state index contributed by atoms with van der Waals surface area (Å²) in [5.41, 5.74) is 5.56. The van der Waals surface area contributed by atoms with Gasteiger partial charge in [0, 0.05) is 0 Å². The fraction of sp³-hybridized carbons (Fsp3) is 0.778. The number of carbonyl (C=O) groups is 2. The summed E-state index contributed by atoms with van der Waals surface area (Å²) in [7, 11) is 1.18. The molecule has 0 aliphatic carbocycles. The third kappa shape index (κ3) is 4.26. The number of amides is 1. The zero-order chi connectivity index (χ0) is 12.0. The Morgan fingerprint density at radius 2 is 2.00 bits per heavy atom. The van der Waals surface area contributed by atoms with Gasteiger partial charge in [-0.3, -0.25) is 4.79 Å². The standard InChI is InChI=1S/C9H18N2O4/c1-5(2)7(10)8(13)11-6(4-12)9(14)15-3/h5-7,12H,4,10H2,1-3H3,(H,11,13)/t6-,7?/m0/s1. The van der Waals surface area contributed by atoms with Crippen molar-refractivity contribution in [1.82, 2.24) is 5.32 Å². The third-order valence-corrected chi connectivity index (χ3v) is 2.01. The first kappa shape index (κ1) is 13.9. The lowest BCUT2D eigenvalue weighted by Gasteiger charge is -2.19. The Labute approximate surface area is 88.8 Å². The number of aliphatic hydroxyl groups is 1. The van der Waals surface area contributed by atoms with Gasteiger partial charge in [0.15, 0.2) is 6.04 Å². The first-order chi connectivity index (χ1) is 6.93. The van der Waals surface area contributed by atoms with Crippen LogP contribution in [0.25, 0.3) is 0 Å². The number of ether oxygens (including phenoxy) is 1. The number of aliphatic hydroxyl groups excluding tert-OH is 1. The molecule has 0 bridgehead atoms. The molecular weight excluding hydrogens is 200 g/mol. The maximum atomic E-state index is 11.4. The van der Waals surface area contributed by atoms with Crippen molar-refractivity contribution in [3.8, 4) is 0 Å². The van der Waals surface area contributed by atoms with E-state index in [1.54, 1.807) is 13.8 Å². The van der Waals surface area contributed by atoms with Crippen LogP contribution < -0.4 is 11.1 Å². The summed E-state index contributed by atoms with van der Waals surface area (Å²) in [5, 5.41) is 11.2. The summed E-state index contributed by atoms with van der Waals surface area (Å²) >= 11 is 0. The highest BCUT2D eigenvalue weighted by Crippen LogP contribution is 1.99. The van der Waals surface area contributed by atoms with Crippen LogP contribution in [0.4, 0.5) is 0 Å². The van der Waals surface area contributed by atoms with Crippen LogP contribution in [0.3, 0.4) is 0 Å². The predicted molar refractivity (Wildman–Crippen MR) is 53.8 cm³/mol. The van der Waals surface area contributed by atoms with Gasteiger partial charge in [0.05, 0.1) is 19.8 Å². The number of methoxy groups -OCH3 is 1. The fourth-order valence-corrected chi connectivity index (χ4v) is 0.892. The number of hydrogen-bond donors (Lipinski definition) is 3. The van der Waals surface area contributed by atoms with Crippen LogP contribution in [0, 0.1) is 5.92 Å². The van der Waals surface area contributed by atoms with E-state index in [2.05, 4.69) is 10.1 Å². The Balaban J connectivity index is 4.30. The molecule has 88 valence electrons. The summed E-state index contributed by atoms with van der Waals surface area (Å²) in [5.74, 6) is -1.21. The summed E-state index contributed by atoms with van der Waals surface area (Å²) < 4.78 is 4.39. The van der Waals surface area contributed by atoms with Crippen LogP contribution in [-0.2, 0) is 14.3 Å². The molecule has 0 rings (SSSR count). The summed E-state index contributed by atoms with van der Waals surface area (Å²) in [6, 6.07) is -1.75. The lowest BCUT2D eigenvalue weighted by atomic mass is 10.0. The number of nitrogens with two attached hydrogens (primary N) is 1. The second kappa shape index (κ2) is 6.36. The van der Waals surface area contributed by atoms with Crippen molar-refractivity contribution in [2.24, 2.45) is 11.7 Å². The molecule has 15 heavy (non-hydrogen) atoms. The fourth-order valence-electron chi connectivity index (χ4n) is 0.892. The number of carbonyl (C=O) groups excluding carboxylic acids is 2. The van der Waals surface area contributed by atoms with Crippen molar-refractivity contribution < 1.29 is 19.4 Å². The van der Waals surface area contributed by atoms with E-state index in [0.29, 0.717) is 0 Å². The van der Waals surface area contributed by atoms with Gasteiger partial charge in [-0.2, -0.15) is 0 Å². The minimum absolute atomic E-state index is 0.0398. The summed E-state index contributed by atoms with van der Waals surface area (Å²) in [4.78, 5) is 22.5. The largest absolute Gasteiger partial charge is 0.467 e. The minimum Gasteiger partial charge on any atom is -0.467 e. The zero-order valence-electron chi connectivity index (χ0n) is 9.19. The lowest BCUT2D eigenvalue weighted by Crippen LogP contribution is -2.51. The van der Waals surface area contributed by atoms with Gasteiger partial charge in [0.1, 0.15) is 0 Å². The van der Waals surface area contributed by atoms with E-state index in [1.165, 1.54) is 7.11 Å². The zero-order valence-corrected chi connectivity index (χ0v) is 9.19. The van der Waals surface area contributed by atoms with Crippen molar-refractivity contribution in [3.63, 3.8) is 0 Å². The molecule has 0 spiro atoms. The van der Waals surface area contributed by atoms with Crippen LogP contribution in [0.2, 0.25) is 0 Å². The summed E-state index contributed by atoms with van der Waals surface area (Å²) in [6.07, 6.45) is 0. The molecule has 1 unspecified atom stereocenters. The van der Waals surface area contributed by atoms with Crippen molar-refractivity contribution in [2.45, 2.75) is 25.9 Å². The van der Waals surface area contributed by atoms with Gasteiger partial charge in [-0.25, -0.2) is 4.79 Å². The number of nitrogens with one attached hydrogen (secondary N) is 1. The Morgan fingerprint density at radius 3 is 2.33 bits per heavy atom. The highest BCUT2D eigenvalue weighted by atomic mass is 16.5. The van der Waals surface area contributed by atoms with Crippen LogP contribution >= 0.6 is 0 Å². The van der Waals surface area contributed by atoms with E-state index < -0.39 is 30.6 Å². The van der Waals surface area contributed by atoms with Gasteiger partial charge in [0.25, 0.3) is 0 Å². The van der Waals surface area contributed by atoms with E-state index in [-0.39, 0.29) is 5.92 Å². The lowest BCUT2D eigenvalue weighted by molar-refractivity contribution is -0.146. The average molecular weight is 218 g/mol. The molecule has 0 fully saturated rings. The van der Waals surface area contributed by atoms with E-state index >= 15 is 0 Å². The van der Waals surface area contributed by atoms with Crippen LogP contribution in [0.5, 0.6) is 0 Å². The molecule has 0 saturated heterocycles. The van der Waals surface area contributed by atoms with Gasteiger partial charge < -0.3 is 20.9 Å². The van der Waals surface area contributed by atoms with Gasteiger partial charge in [-0.05, 0) is 5.92 Å². The van der Waals surface area contributed by atoms with Crippen molar-refractivity contribution >= 4 is 11.9 Å². The Morgan fingerprint density at radius 1 is 1.47 bits per heavy atom. The molecule has 0 saturated carbocycles. The maximum absolute atomic E-state index is 11.4. The van der Waals surface area contributed by atoms with E-state index in [4.69, 9.17) is 10.8 Å². The van der Waals surface area contributed by atoms with Crippen LogP contribution in [-0.4, -0.2) is 42.8 Å². The predicted octanol–water partition coefficient (Wildman–Crippen LogP) is -1.38. The number of esters is 1. The second-order valence-corrected chi connectivity index (χ2v) is 3.54. The van der Waals surface area contributed by atoms with E-state index in [9.17, 15) is 9.59 Å². The molecule has 0 aromatic carbocycles. The highest BCUT2D eigenvalue weighted by Gasteiger charge is 2.24. The van der Waals surface area contributed by atoms with Gasteiger partial charge >= 0.3 is 5.97 Å². The van der Waals surface area contributed by atoms with Crippen molar-refractivity contribution in [1.29, 1.82) is 0 Å². The van der Waals surface area contributed by atoms with Crippen molar-refractivity contribution in [2.75, 3.05) is 13.7 Å². The molecule has 0 aliphatic heterocycles. The summed E-state index contributed by atoms with van der Waals surface area (Å²) in [6.45, 7) is 3.07. The SMILES string of the molecule is COC(=O)[C@H](CO)NC(=O)C(N)C(C)C. The molecule has 4 N–H and O–H groups in total. The van der Waals surface area contributed by atoms with Gasteiger partial charge in [0.2, 0.25) is 5.91 Å². The second-order valence-electron chi connectivity index (χ2n) is 3.54. The molecule has 1 amide bonds. The third-order valence-electron chi connectivity index (χ3n) is 2.01. The van der Waals surface area contributed by atoms with E-state index in [0.717, 1.165) is 0 Å². The molecule has 0 radical (unpaired) electrons. The first-order valence-electron chi connectivity index (χ1n) is 4.68. The van der Waals surface area contributed by atoms with Crippen LogP contribution in [0.1, 0.15) is 13.8 Å². The molecular formula is C9H18N2O4. The van der Waals surface area contributed by atoms with Gasteiger partial charge in [-0.15, -0.1) is 0 Å².